The van der Waals surface area contributed by atoms with E-state index >= 15 is 0 Å². The molecule has 3 nitrogen and oxygen atoms in total. The predicted molar refractivity (Wildman–Crippen MR) is 81.4 cm³/mol. The van der Waals surface area contributed by atoms with E-state index in [4.69, 9.17) is 4.74 Å². The highest BCUT2D eigenvalue weighted by molar-refractivity contribution is 5.69. The van der Waals surface area contributed by atoms with E-state index in [1.807, 2.05) is 26.8 Å². The zero-order valence-electron chi connectivity index (χ0n) is 12.8. The molecule has 2 rings (SSSR count). The number of hydrogen-bond donors (Lipinski definition) is 0. The molecule has 1 saturated heterocycles. The SMILES string of the molecule is CC(C)(C)OC(=O)N1CCCC1/C=C/c1ccccc1F. The van der Waals surface area contributed by atoms with Crippen molar-refractivity contribution >= 4 is 12.2 Å². The second-order valence-corrected chi connectivity index (χ2v) is 6.26. The van der Waals surface area contributed by atoms with Crippen LogP contribution in [0.4, 0.5) is 9.18 Å². The van der Waals surface area contributed by atoms with Crippen molar-refractivity contribution in [2.24, 2.45) is 0 Å². The molecule has 4 heteroatoms. The molecule has 0 saturated carbocycles. The fourth-order valence-electron chi connectivity index (χ4n) is 2.36. The van der Waals surface area contributed by atoms with Gasteiger partial charge in [0.15, 0.2) is 0 Å². The van der Waals surface area contributed by atoms with E-state index < -0.39 is 5.60 Å². The fourth-order valence-corrected chi connectivity index (χ4v) is 2.36. The lowest BCUT2D eigenvalue weighted by molar-refractivity contribution is 0.0256. The molecule has 1 amide bonds. The van der Waals surface area contributed by atoms with Crippen LogP contribution in [0, 0.1) is 5.82 Å². The van der Waals surface area contributed by atoms with Gasteiger partial charge in [-0.25, -0.2) is 9.18 Å². The summed E-state index contributed by atoms with van der Waals surface area (Å²) in [5.74, 6) is -0.254. The number of halogens is 1. The third kappa shape index (κ3) is 4.31. The molecular formula is C17H22FNO2. The van der Waals surface area contributed by atoms with Crippen LogP contribution < -0.4 is 0 Å². The summed E-state index contributed by atoms with van der Waals surface area (Å²) in [7, 11) is 0. The summed E-state index contributed by atoms with van der Waals surface area (Å²) < 4.78 is 19.0. The zero-order chi connectivity index (χ0) is 15.5. The second kappa shape index (κ2) is 6.29. The standard InChI is InChI=1S/C17H22FNO2/c1-17(2,3)21-16(20)19-12-6-8-14(19)11-10-13-7-4-5-9-15(13)18/h4-5,7,9-11,14H,6,8,12H2,1-3H3/b11-10+. The molecule has 0 aromatic heterocycles. The molecule has 0 radical (unpaired) electrons. The number of nitrogens with zero attached hydrogens (tertiary/aromatic N) is 1. The number of likely N-dealkylation sites (tertiary alicyclic amines) is 1. The first-order valence-electron chi connectivity index (χ1n) is 7.29. The van der Waals surface area contributed by atoms with Crippen LogP contribution in [0.15, 0.2) is 30.3 Å². The van der Waals surface area contributed by atoms with E-state index in [1.54, 1.807) is 29.2 Å². The lowest BCUT2D eigenvalue weighted by Crippen LogP contribution is -2.39. The van der Waals surface area contributed by atoms with Gasteiger partial charge in [-0.3, -0.25) is 0 Å². The van der Waals surface area contributed by atoms with Crippen molar-refractivity contribution in [1.82, 2.24) is 4.90 Å². The Morgan fingerprint density at radius 2 is 2.10 bits per heavy atom. The molecule has 0 spiro atoms. The fraction of sp³-hybridized carbons (Fsp3) is 0.471. The van der Waals surface area contributed by atoms with E-state index in [0.29, 0.717) is 12.1 Å². The van der Waals surface area contributed by atoms with Crippen molar-refractivity contribution in [1.29, 1.82) is 0 Å². The minimum Gasteiger partial charge on any atom is -0.444 e. The molecule has 21 heavy (non-hydrogen) atoms. The Labute approximate surface area is 125 Å². The molecular weight excluding hydrogens is 269 g/mol. The first-order chi connectivity index (χ1) is 9.87. The number of carbonyl (C=O) groups excluding carboxylic acids is 1. The number of ether oxygens (including phenoxy) is 1. The van der Waals surface area contributed by atoms with Gasteiger partial charge < -0.3 is 9.64 Å². The molecule has 1 aliphatic rings. The van der Waals surface area contributed by atoms with Crippen LogP contribution >= 0.6 is 0 Å². The average Bonchev–Trinajstić information content (AvgIpc) is 2.84. The maximum absolute atomic E-state index is 13.6. The van der Waals surface area contributed by atoms with Crippen LogP contribution in [0.5, 0.6) is 0 Å². The van der Waals surface area contributed by atoms with Crippen LogP contribution in [0.2, 0.25) is 0 Å². The minimum atomic E-state index is -0.501. The van der Waals surface area contributed by atoms with Gasteiger partial charge in [0.05, 0.1) is 6.04 Å². The molecule has 1 aromatic rings. The number of hydrogen-bond acceptors (Lipinski definition) is 2. The van der Waals surface area contributed by atoms with E-state index in [-0.39, 0.29) is 18.0 Å². The molecule has 0 aliphatic carbocycles. The Morgan fingerprint density at radius 1 is 1.38 bits per heavy atom. The maximum atomic E-state index is 13.6. The summed E-state index contributed by atoms with van der Waals surface area (Å²) in [4.78, 5) is 13.9. The highest BCUT2D eigenvalue weighted by atomic mass is 19.1. The number of carbonyl (C=O) groups is 1. The Hall–Kier alpha value is -1.84. The first-order valence-corrected chi connectivity index (χ1v) is 7.29. The first kappa shape index (κ1) is 15.5. The molecule has 1 atom stereocenters. The number of rotatable bonds is 2. The van der Waals surface area contributed by atoms with E-state index in [2.05, 4.69) is 0 Å². The smallest absolute Gasteiger partial charge is 0.410 e. The minimum absolute atomic E-state index is 0.0283. The number of amides is 1. The summed E-state index contributed by atoms with van der Waals surface area (Å²) in [5, 5.41) is 0. The van der Waals surface area contributed by atoms with Crippen LogP contribution in [0.3, 0.4) is 0 Å². The Balaban J connectivity index is 2.06. The topological polar surface area (TPSA) is 29.5 Å². The lowest BCUT2D eigenvalue weighted by atomic mass is 10.1. The van der Waals surface area contributed by atoms with E-state index in [9.17, 15) is 9.18 Å². The Kier molecular flexibility index (Phi) is 4.66. The summed E-state index contributed by atoms with van der Waals surface area (Å²) in [6, 6.07) is 6.58. The summed E-state index contributed by atoms with van der Waals surface area (Å²) in [6.45, 7) is 6.24. The van der Waals surface area contributed by atoms with Crippen molar-refractivity contribution in [3.05, 3.63) is 41.7 Å². The second-order valence-electron chi connectivity index (χ2n) is 6.26. The van der Waals surface area contributed by atoms with Crippen molar-refractivity contribution in [2.75, 3.05) is 6.54 Å². The molecule has 0 bridgehead atoms. The van der Waals surface area contributed by atoms with Crippen molar-refractivity contribution in [3.8, 4) is 0 Å². The highest BCUT2D eigenvalue weighted by Gasteiger charge is 2.30. The van der Waals surface area contributed by atoms with Crippen molar-refractivity contribution < 1.29 is 13.9 Å². The summed E-state index contributed by atoms with van der Waals surface area (Å²) >= 11 is 0. The van der Waals surface area contributed by atoms with Gasteiger partial charge in [-0.15, -0.1) is 0 Å². The van der Waals surface area contributed by atoms with Crippen LogP contribution in [0.1, 0.15) is 39.2 Å². The molecule has 114 valence electrons. The normalized spacial score (nSPS) is 19.2. The van der Waals surface area contributed by atoms with Gasteiger partial charge in [-0.05, 0) is 39.7 Å². The van der Waals surface area contributed by atoms with Crippen LogP contribution in [-0.2, 0) is 4.74 Å². The van der Waals surface area contributed by atoms with Crippen LogP contribution in [0.25, 0.3) is 6.08 Å². The Bertz CT molecular complexity index is 534. The van der Waals surface area contributed by atoms with E-state index in [0.717, 1.165) is 12.8 Å². The lowest BCUT2D eigenvalue weighted by Gasteiger charge is -2.27. The summed E-state index contributed by atoms with van der Waals surface area (Å²) in [6.07, 6.45) is 5.14. The van der Waals surface area contributed by atoms with Gasteiger partial charge in [0.1, 0.15) is 11.4 Å². The van der Waals surface area contributed by atoms with Crippen molar-refractivity contribution in [2.45, 2.75) is 45.3 Å². The number of benzene rings is 1. The van der Waals surface area contributed by atoms with Gasteiger partial charge in [-0.2, -0.15) is 0 Å². The van der Waals surface area contributed by atoms with Crippen LogP contribution in [-0.4, -0.2) is 29.2 Å². The van der Waals surface area contributed by atoms with Gasteiger partial charge in [0.25, 0.3) is 0 Å². The zero-order valence-corrected chi connectivity index (χ0v) is 12.8. The monoisotopic (exact) mass is 291 g/mol. The predicted octanol–water partition coefficient (Wildman–Crippen LogP) is 4.24. The Morgan fingerprint density at radius 3 is 2.76 bits per heavy atom. The van der Waals surface area contributed by atoms with Gasteiger partial charge in [0.2, 0.25) is 0 Å². The maximum Gasteiger partial charge on any atom is 0.410 e. The third-order valence-corrected chi connectivity index (χ3v) is 3.33. The molecule has 0 N–H and O–H groups in total. The quantitative estimate of drug-likeness (QED) is 0.815. The average molecular weight is 291 g/mol. The molecule has 1 unspecified atom stereocenters. The van der Waals surface area contributed by atoms with Gasteiger partial charge in [-0.1, -0.05) is 30.4 Å². The summed E-state index contributed by atoms with van der Waals surface area (Å²) in [5.41, 5.74) is 0.0352. The molecule has 1 aliphatic heterocycles. The van der Waals surface area contributed by atoms with E-state index in [1.165, 1.54) is 6.07 Å². The molecule has 1 fully saturated rings. The molecule has 1 heterocycles. The van der Waals surface area contributed by atoms with Gasteiger partial charge >= 0.3 is 6.09 Å². The molecule has 1 aromatic carbocycles. The third-order valence-electron chi connectivity index (χ3n) is 3.33. The van der Waals surface area contributed by atoms with Gasteiger partial charge in [0, 0.05) is 12.1 Å². The largest absolute Gasteiger partial charge is 0.444 e. The highest BCUT2D eigenvalue weighted by Crippen LogP contribution is 2.22. The van der Waals surface area contributed by atoms with Crippen molar-refractivity contribution in [3.63, 3.8) is 0 Å².